The molecule has 0 amide bonds. The van der Waals surface area contributed by atoms with Gasteiger partial charge >= 0.3 is 0 Å². The van der Waals surface area contributed by atoms with E-state index < -0.39 is 0 Å². The zero-order chi connectivity index (χ0) is 34.9. The second-order valence-electron chi connectivity index (χ2n) is 14.0. The van der Waals surface area contributed by atoms with Gasteiger partial charge in [-0.2, -0.15) is 0 Å². The third-order valence-electron chi connectivity index (χ3n) is 11.0. The second kappa shape index (κ2) is 11.8. The van der Waals surface area contributed by atoms with Gasteiger partial charge in [0.2, 0.25) is 0 Å². The highest BCUT2D eigenvalue weighted by molar-refractivity contribution is 6.24. The monoisotopic (exact) mass is 672 g/mol. The van der Waals surface area contributed by atoms with Crippen LogP contribution in [0.4, 0.5) is 0 Å². The molecule has 1 heterocycles. The van der Waals surface area contributed by atoms with Crippen LogP contribution in [0.25, 0.3) is 110 Å². The fraction of sp³-hybridized carbons (Fsp3) is 0. The van der Waals surface area contributed by atoms with Crippen molar-refractivity contribution < 1.29 is 4.42 Å². The molecule has 0 fully saturated rings. The van der Waals surface area contributed by atoms with Crippen molar-refractivity contribution in [2.24, 2.45) is 0 Å². The average molecular weight is 673 g/mol. The van der Waals surface area contributed by atoms with Crippen molar-refractivity contribution in [2.75, 3.05) is 0 Å². The molecular formula is C52H32O. The van der Waals surface area contributed by atoms with E-state index >= 15 is 0 Å². The molecule has 1 heteroatoms. The van der Waals surface area contributed by atoms with E-state index in [1.165, 1.54) is 87.6 Å². The number of fused-ring (bicyclic) bond motifs is 7. The van der Waals surface area contributed by atoms with Crippen LogP contribution in [-0.4, -0.2) is 0 Å². The summed E-state index contributed by atoms with van der Waals surface area (Å²) in [7, 11) is 0. The molecule has 10 aromatic carbocycles. The smallest absolute Gasteiger partial charge is 0.136 e. The van der Waals surface area contributed by atoms with Crippen molar-refractivity contribution in [3.63, 3.8) is 0 Å². The van der Waals surface area contributed by atoms with Crippen molar-refractivity contribution in [1.29, 1.82) is 0 Å². The van der Waals surface area contributed by atoms with Crippen LogP contribution in [0, 0.1) is 0 Å². The maximum atomic E-state index is 6.47. The van der Waals surface area contributed by atoms with Crippen LogP contribution in [-0.2, 0) is 0 Å². The van der Waals surface area contributed by atoms with Crippen LogP contribution in [0.15, 0.2) is 199 Å². The number of benzene rings is 10. The summed E-state index contributed by atoms with van der Waals surface area (Å²) in [5.74, 6) is 0. The molecule has 0 atom stereocenters. The lowest BCUT2D eigenvalue weighted by Gasteiger charge is -2.20. The maximum absolute atomic E-state index is 6.47. The van der Waals surface area contributed by atoms with E-state index in [9.17, 15) is 0 Å². The highest BCUT2D eigenvalue weighted by Crippen LogP contribution is 2.47. The third kappa shape index (κ3) is 4.64. The van der Waals surface area contributed by atoms with Crippen LogP contribution in [0.5, 0.6) is 0 Å². The molecule has 0 saturated heterocycles. The van der Waals surface area contributed by atoms with E-state index in [2.05, 4.69) is 194 Å². The topological polar surface area (TPSA) is 13.1 Å². The summed E-state index contributed by atoms with van der Waals surface area (Å²) in [6.45, 7) is 0. The average Bonchev–Trinajstić information content (AvgIpc) is 3.59. The van der Waals surface area contributed by atoms with Crippen LogP contribution >= 0.6 is 0 Å². The molecule has 0 aliphatic carbocycles. The fourth-order valence-electron chi connectivity index (χ4n) is 8.71. The SMILES string of the molecule is c1ccc(-c2ccc(-c3c4ccccc4c(-c4cccc(-c5cccc6oc7cc8ccccc8cc7c56)c4)c4ccccc34)c3ccccc23)cc1. The van der Waals surface area contributed by atoms with E-state index in [-0.39, 0.29) is 0 Å². The van der Waals surface area contributed by atoms with Crippen molar-refractivity contribution in [1.82, 2.24) is 0 Å². The summed E-state index contributed by atoms with van der Waals surface area (Å²) < 4.78 is 6.47. The molecule has 0 aliphatic rings. The minimum atomic E-state index is 0.906. The molecule has 0 radical (unpaired) electrons. The van der Waals surface area contributed by atoms with Gasteiger partial charge in [0.05, 0.1) is 0 Å². The molecule has 0 saturated carbocycles. The molecule has 1 aromatic heterocycles. The first-order valence-electron chi connectivity index (χ1n) is 18.3. The van der Waals surface area contributed by atoms with Crippen molar-refractivity contribution in [3.05, 3.63) is 194 Å². The Hall–Kier alpha value is -6.96. The molecule has 0 spiro atoms. The minimum absolute atomic E-state index is 0.906. The van der Waals surface area contributed by atoms with Gasteiger partial charge in [0.1, 0.15) is 11.2 Å². The van der Waals surface area contributed by atoms with Gasteiger partial charge in [0.15, 0.2) is 0 Å². The zero-order valence-corrected chi connectivity index (χ0v) is 28.9. The Morgan fingerprint density at radius 3 is 1.51 bits per heavy atom. The normalized spacial score (nSPS) is 11.8. The highest BCUT2D eigenvalue weighted by Gasteiger charge is 2.20. The molecular weight excluding hydrogens is 641 g/mol. The molecule has 0 aliphatic heterocycles. The van der Waals surface area contributed by atoms with E-state index in [1.807, 2.05) is 0 Å². The summed E-state index contributed by atoms with van der Waals surface area (Å²) in [4.78, 5) is 0. The predicted octanol–water partition coefficient (Wildman–Crippen LogP) is 14.9. The van der Waals surface area contributed by atoms with Gasteiger partial charge in [-0.05, 0) is 112 Å². The van der Waals surface area contributed by atoms with E-state index in [0.717, 1.165) is 21.9 Å². The van der Waals surface area contributed by atoms with Crippen molar-refractivity contribution >= 4 is 65.0 Å². The molecule has 0 bridgehead atoms. The molecule has 0 unspecified atom stereocenters. The van der Waals surface area contributed by atoms with Crippen molar-refractivity contribution in [3.8, 4) is 44.5 Å². The first kappa shape index (κ1) is 29.7. The lowest BCUT2D eigenvalue weighted by molar-refractivity contribution is 0.669. The van der Waals surface area contributed by atoms with Gasteiger partial charge in [-0.25, -0.2) is 0 Å². The Morgan fingerprint density at radius 1 is 0.264 bits per heavy atom. The number of rotatable bonds is 4. The van der Waals surface area contributed by atoms with Crippen molar-refractivity contribution in [2.45, 2.75) is 0 Å². The second-order valence-corrected chi connectivity index (χ2v) is 14.0. The van der Waals surface area contributed by atoms with Gasteiger partial charge in [-0.1, -0.05) is 170 Å². The Morgan fingerprint density at radius 2 is 0.792 bits per heavy atom. The minimum Gasteiger partial charge on any atom is -0.456 e. The summed E-state index contributed by atoms with van der Waals surface area (Å²) >= 11 is 0. The lowest BCUT2D eigenvalue weighted by Crippen LogP contribution is -1.92. The molecule has 11 aromatic rings. The van der Waals surface area contributed by atoms with Gasteiger partial charge < -0.3 is 4.42 Å². The third-order valence-corrected chi connectivity index (χ3v) is 11.0. The van der Waals surface area contributed by atoms with Gasteiger partial charge in [-0.3, -0.25) is 0 Å². The van der Waals surface area contributed by atoms with Crippen LogP contribution in [0.1, 0.15) is 0 Å². The van der Waals surface area contributed by atoms with Gasteiger partial charge in [0, 0.05) is 10.8 Å². The summed E-state index contributed by atoms with van der Waals surface area (Å²) in [6, 6.07) is 70.5. The Balaban J connectivity index is 1.15. The van der Waals surface area contributed by atoms with Crippen LogP contribution in [0.3, 0.4) is 0 Å². The summed E-state index contributed by atoms with van der Waals surface area (Å²) in [5, 5.41) is 12.2. The van der Waals surface area contributed by atoms with Gasteiger partial charge in [-0.15, -0.1) is 0 Å². The molecule has 53 heavy (non-hydrogen) atoms. The number of furan rings is 1. The largest absolute Gasteiger partial charge is 0.456 e. The molecule has 1 nitrogen and oxygen atoms in total. The molecule has 0 N–H and O–H groups in total. The van der Waals surface area contributed by atoms with E-state index in [0.29, 0.717) is 0 Å². The maximum Gasteiger partial charge on any atom is 0.136 e. The summed E-state index contributed by atoms with van der Waals surface area (Å²) in [5.41, 5.74) is 11.6. The zero-order valence-electron chi connectivity index (χ0n) is 28.9. The standard InChI is InChI=1S/C52H32O/c1-2-14-33(15-3-1)38-28-29-46(41-21-7-6-20-40(38)41)51-44-24-10-8-22-42(44)50(43-23-9-11-25-45(43)51)37-19-12-18-36(30-37)39-26-13-27-48-52(39)47-31-34-16-4-5-17-35(34)32-49(47)53-48/h1-32H. The van der Waals surface area contributed by atoms with Gasteiger partial charge in [0.25, 0.3) is 0 Å². The molecule has 246 valence electrons. The first-order chi connectivity index (χ1) is 26.3. The highest BCUT2D eigenvalue weighted by atomic mass is 16.3. The Labute approximate surface area is 307 Å². The number of hydrogen-bond acceptors (Lipinski definition) is 1. The van der Waals surface area contributed by atoms with E-state index in [1.54, 1.807) is 0 Å². The Bertz CT molecular complexity index is 3160. The summed E-state index contributed by atoms with van der Waals surface area (Å²) in [6.07, 6.45) is 0. The Kier molecular flexibility index (Phi) is 6.62. The van der Waals surface area contributed by atoms with E-state index in [4.69, 9.17) is 4.42 Å². The quantitative estimate of drug-likeness (QED) is 0.170. The fourth-order valence-corrected chi connectivity index (χ4v) is 8.71. The molecule has 11 rings (SSSR count). The number of hydrogen-bond donors (Lipinski definition) is 0. The van der Waals surface area contributed by atoms with Crippen LogP contribution < -0.4 is 0 Å². The van der Waals surface area contributed by atoms with Crippen LogP contribution in [0.2, 0.25) is 0 Å². The lowest BCUT2D eigenvalue weighted by atomic mass is 9.83. The first-order valence-corrected chi connectivity index (χ1v) is 18.3. The predicted molar refractivity (Wildman–Crippen MR) is 225 cm³/mol.